The lowest BCUT2D eigenvalue weighted by molar-refractivity contribution is 0.0883. The molecule has 0 spiro atoms. The number of alkyl halides is 2. The Kier molecular flexibility index (Phi) is 9.22. The van der Waals surface area contributed by atoms with E-state index >= 15 is 0 Å². The summed E-state index contributed by atoms with van der Waals surface area (Å²) in [6.07, 6.45) is 0. The second kappa shape index (κ2) is 11.5. The minimum atomic E-state index is -1.12. The Morgan fingerprint density at radius 3 is 2.26 bits per heavy atom. The number of aromatic amines is 1. The second-order valence-electron chi connectivity index (χ2n) is 8.79. The van der Waals surface area contributed by atoms with Crippen LogP contribution in [0.25, 0.3) is 22.1 Å². The predicted molar refractivity (Wildman–Crippen MR) is 139 cm³/mol. The molecule has 0 radical (unpaired) electrons. The number of nitrogens with zero attached hydrogens (tertiary/aromatic N) is 3. The quantitative estimate of drug-likeness (QED) is 0.140. The van der Waals surface area contributed by atoms with Gasteiger partial charge >= 0.3 is 0 Å². The number of hydrogen-bond acceptors (Lipinski definition) is 3. The molecule has 0 amide bonds. The molecule has 1 N–H and O–H groups in total. The lowest BCUT2D eigenvalue weighted by Gasteiger charge is -2.16. The first kappa shape index (κ1) is 27.2. The minimum Gasteiger partial charge on any atom is -0.361 e. The monoisotopic (exact) mass is 566 g/mol. The molecule has 2 aromatic carbocycles. The molecule has 0 atom stereocenters. The van der Waals surface area contributed by atoms with Gasteiger partial charge in [0.25, 0.3) is 0 Å². The Labute approximate surface area is 217 Å². The molecular formula is C22H24Cl4F2N4OSi. The van der Waals surface area contributed by atoms with Crippen LogP contribution in [0.4, 0.5) is 8.78 Å². The van der Waals surface area contributed by atoms with E-state index in [1.54, 1.807) is 6.07 Å². The Bertz CT molecular complexity index is 1250. The van der Waals surface area contributed by atoms with E-state index in [1.165, 1.54) is 18.2 Å². The van der Waals surface area contributed by atoms with Crippen molar-refractivity contribution < 1.29 is 13.5 Å². The zero-order chi connectivity index (χ0) is 25.0. The third-order valence-electron chi connectivity index (χ3n) is 4.91. The van der Waals surface area contributed by atoms with Crippen LogP contribution in [0.2, 0.25) is 35.7 Å². The zero-order valence-electron chi connectivity index (χ0n) is 18.9. The van der Waals surface area contributed by atoms with Gasteiger partial charge in [0.15, 0.2) is 0 Å². The maximum absolute atomic E-state index is 13.5. The van der Waals surface area contributed by atoms with E-state index in [1.807, 2.05) is 4.57 Å². The van der Waals surface area contributed by atoms with Crippen LogP contribution < -0.4 is 0 Å². The van der Waals surface area contributed by atoms with Crippen molar-refractivity contribution in [3.8, 4) is 0 Å². The van der Waals surface area contributed by atoms with Crippen LogP contribution in [0.5, 0.6) is 0 Å². The normalized spacial score (nSPS) is 11.8. The third-order valence-corrected chi connectivity index (χ3v) is 7.68. The van der Waals surface area contributed by atoms with E-state index < -0.39 is 19.7 Å². The Balaban J connectivity index is 0.000000212. The van der Waals surface area contributed by atoms with E-state index in [2.05, 4.69) is 34.6 Å². The number of nitrogens with one attached hydrogen (secondary N) is 1. The maximum Gasteiger partial charge on any atom is 0.144 e. The van der Waals surface area contributed by atoms with Gasteiger partial charge in [-0.25, -0.2) is 18.7 Å². The number of hydrogen-bond donors (Lipinski definition) is 1. The van der Waals surface area contributed by atoms with Crippen molar-refractivity contribution in [2.75, 3.05) is 6.61 Å². The molecule has 0 aliphatic carbocycles. The third kappa shape index (κ3) is 6.83. The van der Waals surface area contributed by atoms with Gasteiger partial charge in [0.1, 0.15) is 30.0 Å². The molecular weight excluding hydrogens is 544 g/mol. The molecule has 0 aliphatic heterocycles. The largest absolute Gasteiger partial charge is 0.361 e. The summed E-state index contributed by atoms with van der Waals surface area (Å²) < 4.78 is 34.0. The number of H-pyrrole nitrogens is 1. The first-order valence-corrected chi connectivity index (χ1v) is 15.9. The Morgan fingerprint density at radius 2 is 1.62 bits per heavy atom. The van der Waals surface area contributed by atoms with Gasteiger partial charge in [0.2, 0.25) is 0 Å². The highest BCUT2D eigenvalue weighted by atomic mass is 35.5. The molecule has 34 heavy (non-hydrogen) atoms. The van der Waals surface area contributed by atoms with E-state index in [-0.39, 0.29) is 21.8 Å². The van der Waals surface area contributed by atoms with E-state index in [9.17, 15) is 8.78 Å². The topological polar surface area (TPSA) is 55.7 Å². The number of aromatic nitrogens is 4. The van der Waals surface area contributed by atoms with E-state index in [0.717, 1.165) is 11.6 Å². The lowest BCUT2D eigenvalue weighted by atomic mass is 10.3. The first-order valence-electron chi connectivity index (χ1n) is 10.4. The molecule has 4 rings (SSSR count). The number of ether oxygens (including phenoxy) is 1. The molecule has 2 aromatic heterocycles. The van der Waals surface area contributed by atoms with Crippen molar-refractivity contribution in [3.63, 3.8) is 0 Å². The molecule has 0 fully saturated rings. The smallest absolute Gasteiger partial charge is 0.144 e. The van der Waals surface area contributed by atoms with Crippen molar-refractivity contribution in [1.29, 1.82) is 0 Å². The van der Waals surface area contributed by atoms with Crippen molar-refractivity contribution in [2.24, 2.45) is 0 Å². The van der Waals surface area contributed by atoms with Gasteiger partial charge in [-0.2, -0.15) is 0 Å². The van der Waals surface area contributed by atoms with Crippen molar-refractivity contribution >= 4 is 76.5 Å². The molecule has 12 heteroatoms. The molecule has 0 saturated heterocycles. The number of benzene rings is 2. The van der Waals surface area contributed by atoms with Gasteiger partial charge in [-0.1, -0.05) is 42.8 Å². The molecule has 0 saturated carbocycles. The fourth-order valence-corrected chi connectivity index (χ4v) is 4.47. The number of imidazole rings is 2. The fraction of sp³-hybridized carbons (Fsp3) is 0.364. The van der Waals surface area contributed by atoms with Crippen LogP contribution in [0, 0.1) is 11.6 Å². The summed E-state index contributed by atoms with van der Waals surface area (Å²) in [5, 5.41) is 0.145. The van der Waals surface area contributed by atoms with Crippen molar-refractivity contribution in [1.82, 2.24) is 19.5 Å². The van der Waals surface area contributed by atoms with E-state index in [4.69, 9.17) is 51.1 Å². The number of halogens is 6. The average molecular weight is 568 g/mol. The summed E-state index contributed by atoms with van der Waals surface area (Å²) in [5.41, 5.74) is 2.52. The van der Waals surface area contributed by atoms with Crippen LogP contribution in [0.3, 0.4) is 0 Å². The summed E-state index contributed by atoms with van der Waals surface area (Å²) >= 11 is 22.9. The second-order valence-corrected chi connectivity index (χ2v) is 15.8. The highest BCUT2D eigenvalue weighted by Gasteiger charge is 2.15. The van der Waals surface area contributed by atoms with Crippen LogP contribution in [0.1, 0.15) is 11.6 Å². The van der Waals surface area contributed by atoms with Gasteiger partial charge in [0.05, 0.1) is 43.9 Å². The highest BCUT2D eigenvalue weighted by molar-refractivity contribution is 6.76. The van der Waals surface area contributed by atoms with Crippen LogP contribution >= 0.6 is 46.4 Å². The summed E-state index contributed by atoms with van der Waals surface area (Å²) in [5.74, 6) is 0.840. The summed E-state index contributed by atoms with van der Waals surface area (Å²) in [4.78, 5) is 11.3. The summed E-state index contributed by atoms with van der Waals surface area (Å²) in [6, 6.07) is 6.76. The zero-order valence-corrected chi connectivity index (χ0v) is 22.9. The predicted octanol–water partition coefficient (Wildman–Crippen LogP) is 7.97. The van der Waals surface area contributed by atoms with Crippen LogP contribution in [-0.4, -0.2) is 34.2 Å². The average Bonchev–Trinajstić information content (AvgIpc) is 3.32. The molecule has 5 nitrogen and oxygen atoms in total. The Hall–Kier alpha value is -1.42. The molecule has 184 valence electrons. The molecule has 0 unspecified atom stereocenters. The van der Waals surface area contributed by atoms with Gasteiger partial charge < -0.3 is 14.3 Å². The van der Waals surface area contributed by atoms with Gasteiger partial charge in [-0.3, -0.25) is 0 Å². The van der Waals surface area contributed by atoms with Gasteiger partial charge in [-0.05, 0) is 18.2 Å². The summed E-state index contributed by atoms with van der Waals surface area (Å²) in [6.45, 7) is 7.96. The summed E-state index contributed by atoms with van der Waals surface area (Å²) in [7, 11) is -1.12. The minimum absolute atomic E-state index is 0.0696. The molecule has 0 aliphatic rings. The molecule has 2 heterocycles. The van der Waals surface area contributed by atoms with Crippen molar-refractivity contribution in [2.45, 2.75) is 44.2 Å². The SMILES string of the molecule is C[Si](C)(C)CCOCn1c(CCl)nc2cc(F)c(Cl)cc21.Fc1cc2[nH]c(CCl)nc2cc1Cl. The fourth-order valence-electron chi connectivity index (χ4n) is 3.07. The Morgan fingerprint density at radius 1 is 0.941 bits per heavy atom. The van der Waals surface area contributed by atoms with E-state index in [0.29, 0.717) is 41.5 Å². The first-order chi connectivity index (χ1) is 16.0. The highest BCUT2D eigenvalue weighted by Crippen LogP contribution is 2.25. The maximum atomic E-state index is 13.5. The number of rotatable bonds is 7. The lowest BCUT2D eigenvalue weighted by Crippen LogP contribution is -2.22. The number of fused-ring (bicyclic) bond motifs is 2. The van der Waals surface area contributed by atoms with Gasteiger partial charge in [-0.15, -0.1) is 23.2 Å². The standard InChI is InChI=1S/C14H19Cl2FN2OSi.C8H5Cl2FN2/c1-21(2,3)5-4-20-9-19-13-6-10(16)11(17)7-12(13)18-14(19)8-15;9-3-8-12-6-1-4(10)5(11)2-7(6)13-8/h6-7H,4-5,8-9H2,1-3H3;1-2H,3H2,(H,12,13). The van der Waals surface area contributed by atoms with Crippen molar-refractivity contribution in [3.05, 3.63) is 57.6 Å². The molecule has 0 bridgehead atoms. The van der Waals surface area contributed by atoms with Crippen LogP contribution in [-0.2, 0) is 23.2 Å². The van der Waals surface area contributed by atoms with Crippen LogP contribution in [0.15, 0.2) is 24.3 Å². The van der Waals surface area contributed by atoms with Gasteiger partial charge in [0, 0.05) is 26.8 Å². The molecule has 4 aromatic rings.